The van der Waals surface area contributed by atoms with Crippen LogP contribution in [0.5, 0.6) is 0 Å². The molecule has 0 saturated carbocycles. The monoisotopic (exact) mass is 224 g/mol. The second-order valence-electron chi connectivity index (χ2n) is 3.70. The summed E-state index contributed by atoms with van der Waals surface area (Å²) < 4.78 is 5.49. The lowest BCUT2D eigenvalue weighted by molar-refractivity contribution is 0.170. The van der Waals surface area contributed by atoms with Crippen LogP contribution in [-0.2, 0) is 4.74 Å². The summed E-state index contributed by atoms with van der Waals surface area (Å²) in [6, 6.07) is 9.79. The normalized spacial score (nSPS) is 22.9. The van der Waals surface area contributed by atoms with E-state index >= 15 is 0 Å². The summed E-state index contributed by atoms with van der Waals surface area (Å²) in [4.78, 5) is 0. The van der Waals surface area contributed by atoms with Gasteiger partial charge < -0.3 is 9.84 Å². The van der Waals surface area contributed by atoms with Crippen molar-refractivity contribution in [2.45, 2.75) is 24.4 Å². The summed E-state index contributed by atoms with van der Waals surface area (Å²) in [7, 11) is 0. The molecule has 1 aromatic rings. The molecule has 15 heavy (non-hydrogen) atoms. The number of rotatable bonds is 4. The summed E-state index contributed by atoms with van der Waals surface area (Å²) >= 11 is 1.71. The zero-order valence-electron chi connectivity index (χ0n) is 8.63. The Bertz CT molecular complexity index is 283. The van der Waals surface area contributed by atoms with E-state index in [-0.39, 0.29) is 6.10 Å². The fraction of sp³-hybridized carbons (Fsp3) is 0.500. The second kappa shape index (κ2) is 5.54. The van der Waals surface area contributed by atoms with Crippen LogP contribution < -0.4 is 0 Å². The summed E-state index contributed by atoms with van der Waals surface area (Å²) in [5.74, 6) is 0.717. The Balaban J connectivity index is 1.79. The van der Waals surface area contributed by atoms with Gasteiger partial charge in [0, 0.05) is 12.4 Å². The molecule has 0 bridgehead atoms. The van der Waals surface area contributed by atoms with Gasteiger partial charge in [0.05, 0.1) is 6.10 Å². The lowest BCUT2D eigenvalue weighted by atomic mass is 10.1. The van der Waals surface area contributed by atoms with E-state index in [1.807, 2.05) is 30.3 Å². The Morgan fingerprint density at radius 3 is 2.87 bits per heavy atom. The minimum Gasteiger partial charge on any atom is -0.388 e. The van der Waals surface area contributed by atoms with Crippen LogP contribution in [0.15, 0.2) is 30.3 Å². The molecule has 1 saturated heterocycles. The zero-order valence-corrected chi connectivity index (χ0v) is 9.45. The van der Waals surface area contributed by atoms with E-state index in [2.05, 4.69) is 0 Å². The fourth-order valence-electron chi connectivity index (χ4n) is 1.65. The van der Waals surface area contributed by atoms with Gasteiger partial charge in [-0.3, -0.25) is 0 Å². The number of thioether (sulfide) groups is 1. The lowest BCUT2D eigenvalue weighted by Crippen LogP contribution is -2.06. The van der Waals surface area contributed by atoms with E-state index in [1.54, 1.807) is 11.8 Å². The van der Waals surface area contributed by atoms with Crippen LogP contribution in [-0.4, -0.2) is 22.9 Å². The highest BCUT2D eigenvalue weighted by Crippen LogP contribution is 2.27. The van der Waals surface area contributed by atoms with Crippen LogP contribution in [0.3, 0.4) is 0 Å². The molecule has 3 heteroatoms. The van der Waals surface area contributed by atoms with Gasteiger partial charge in [0.1, 0.15) is 5.44 Å². The largest absolute Gasteiger partial charge is 0.388 e. The molecule has 0 amide bonds. The molecule has 1 N–H and O–H groups in total. The highest BCUT2D eigenvalue weighted by Gasteiger charge is 2.17. The zero-order chi connectivity index (χ0) is 10.5. The number of benzene rings is 1. The third-order valence-corrected chi connectivity index (χ3v) is 3.76. The molecule has 1 aliphatic heterocycles. The summed E-state index contributed by atoms with van der Waals surface area (Å²) in [6.07, 6.45) is 1.89. The smallest absolute Gasteiger partial charge is 0.103 e. The maximum Gasteiger partial charge on any atom is 0.103 e. The molecule has 0 aliphatic carbocycles. The van der Waals surface area contributed by atoms with Crippen LogP contribution >= 0.6 is 11.8 Å². The minimum absolute atomic E-state index is 0.295. The average Bonchev–Trinajstić information content (AvgIpc) is 2.80. The first-order valence-corrected chi connectivity index (χ1v) is 6.37. The van der Waals surface area contributed by atoms with Crippen molar-refractivity contribution in [3.8, 4) is 0 Å². The topological polar surface area (TPSA) is 29.5 Å². The molecule has 2 atom stereocenters. The van der Waals surface area contributed by atoms with Gasteiger partial charge in [0.25, 0.3) is 0 Å². The number of hydrogen-bond acceptors (Lipinski definition) is 3. The molecule has 0 spiro atoms. The van der Waals surface area contributed by atoms with Gasteiger partial charge in [-0.15, -0.1) is 11.8 Å². The first-order chi connectivity index (χ1) is 7.36. The van der Waals surface area contributed by atoms with E-state index in [0.29, 0.717) is 11.2 Å². The minimum atomic E-state index is -0.375. The first-order valence-electron chi connectivity index (χ1n) is 5.32. The van der Waals surface area contributed by atoms with Gasteiger partial charge in [0.15, 0.2) is 0 Å². The number of aliphatic hydroxyl groups excluding tert-OH is 1. The maximum absolute atomic E-state index is 9.90. The molecule has 2 rings (SSSR count). The molecule has 82 valence electrons. The van der Waals surface area contributed by atoms with Crippen molar-refractivity contribution in [3.05, 3.63) is 35.9 Å². The molecule has 1 aromatic carbocycles. The van der Waals surface area contributed by atoms with E-state index in [9.17, 15) is 5.11 Å². The van der Waals surface area contributed by atoms with Gasteiger partial charge in [-0.25, -0.2) is 0 Å². The average molecular weight is 224 g/mol. The van der Waals surface area contributed by atoms with Crippen molar-refractivity contribution in [2.24, 2.45) is 0 Å². The molecule has 1 heterocycles. The Kier molecular flexibility index (Phi) is 4.06. The molecule has 1 aliphatic rings. The number of ether oxygens (including phenoxy) is 1. The molecular formula is C12H16O2S. The van der Waals surface area contributed by atoms with E-state index in [1.165, 1.54) is 0 Å². The van der Waals surface area contributed by atoms with Crippen LogP contribution in [0, 0.1) is 0 Å². The van der Waals surface area contributed by atoms with Crippen molar-refractivity contribution in [1.82, 2.24) is 0 Å². The molecule has 2 unspecified atom stereocenters. The predicted molar refractivity (Wildman–Crippen MR) is 62.8 cm³/mol. The number of hydrogen-bond donors (Lipinski definition) is 1. The van der Waals surface area contributed by atoms with E-state index in [0.717, 1.165) is 25.0 Å². The highest BCUT2D eigenvalue weighted by atomic mass is 32.2. The van der Waals surface area contributed by atoms with Crippen molar-refractivity contribution in [2.75, 3.05) is 12.4 Å². The Hall–Kier alpha value is -0.510. The van der Waals surface area contributed by atoms with Crippen LogP contribution in [0.4, 0.5) is 0 Å². The van der Waals surface area contributed by atoms with Crippen molar-refractivity contribution < 1.29 is 9.84 Å². The molecule has 2 nitrogen and oxygen atoms in total. The third-order valence-electron chi connectivity index (χ3n) is 2.51. The van der Waals surface area contributed by atoms with Crippen molar-refractivity contribution in [1.29, 1.82) is 0 Å². The highest BCUT2D eigenvalue weighted by molar-refractivity contribution is 7.99. The first kappa shape index (κ1) is 11.0. The van der Waals surface area contributed by atoms with Gasteiger partial charge >= 0.3 is 0 Å². The van der Waals surface area contributed by atoms with E-state index in [4.69, 9.17) is 4.74 Å². The molecule has 0 radical (unpaired) electrons. The van der Waals surface area contributed by atoms with Crippen LogP contribution in [0.25, 0.3) is 0 Å². The number of aliphatic hydroxyl groups is 1. The van der Waals surface area contributed by atoms with Crippen LogP contribution in [0.2, 0.25) is 0 Å². The SMILES string of the molecule is OC(CSC1CCCO1)c1ccccc1. The van der Waals surface area contributed by atoms with Crippen LogP contribution in [0.1, 0.15) is 24.5 Å². The van der Waals surface area contributed by atoms with Gasteiger partial charge in [0.2, 0.25) is 0 Å². The van der Waals surface area contributed by atoms with Gasteiger partial charge in [-0.1, -0.05) is 30.3 Å². The van der Waals surface area contributed by atoms with E-state index < -0.39 is 0 Å². The van der Waals surface area contributed by atoms with Crippen molar-refractivity contribution in [3.63, 3.8) is 0 Å². The fourth-order valence-corrected chi connectivity index (χ4v) is 2.76. The standard InChI is InChI=1S/C12H16O2S/c13-11(10-5-2-1-3-6-10)9-15-12-7-4-8-14-12/h1-3,5-6,11-13H,4,7-9H2. The Labute approximate surface area is 94.6 Å². The maximum atomic E-state index is 9.90. The quantitative estimate of drug-likeness (QED) is 0.852. The third kappa shape index (κ3) is 3.23. The summed E-state index contributed by atoms with van der Waals surface area (Å²) in [5, 5.41) is 9.90. The van der Waals surface area contributed by atoms with Gasteiger partial charge in [-0.2, -0.15) is 0 Å². The molecular weight excluding hydrogens is 208 g/mol. The Morgan fingerprint density at radius 1 is 1.40 bits per heavy atom. The summed E-state index contributed by atoms with van der Waals surface area (Å²) in [6.45, 7) is 0.874. The molecule has 1 fully saturated rings. The second-order valence-corrected chi connectivity index (χ2v) is 4.89. The van der Waals surface area contributed by atoms with Gasteiger partial charge in [-0.05, 0) is 18.4 Å². The summed E-state index contributed by atoms with van der Waals surface area (Å²) in [5.41, 5.74) is 1.28. The molecule has 0 aromatic heterocycles. The lowest BCUT2D eigenvalue weighted by Gasteiger charge is -2.13. The Morgan fingerprint density at radius 2 is 2.20 bits per heavy atom. The van der Waals surface area contributed by atoms with Crippen molar-refractivity contribution >= 4 is 11.8 Å². The predicted octanol–water partition coefficient (Wildman–Crippen LogP) is 2.59.